The fourth-order valence-corrected chi connectivity index (χ4v) is 4.07. The smallest absolute Gasteiger partial charge is 0.320 e. The molecule has 0 spiro atoms. The summed E-state index contributed by atoms with van der Waals surface area (Å²) in [7, 11) is 0. The van der Waals surface area contributed by atoms with Gasteiger partial charge >= 0.3 is 6.03 Å². The topological polar surface area (TPSA) is 129 Å². The highest BCUT2D eigenvalue weighted by molar-refractivity contribution is 6.04. The number of likely N-dealkylation sites (tertiary alicyclic amines) is 1. The van der Waals surface area contributed by atoms with Crippen LogP contribution >= 0.6 is 0 Å². The van der Waals surface area contributed by atoms with Crippen LogP contribution in [0.3, 0.4) is 0 Å². The first-order valence-electron chi connectivity index (χ1n) is 11.0. The van der Waals surface area contributed by atoms with E-state index in [1.54, 1.807) is 35.4 Å². The minimum atomic E-state index is -0.411. The van der Waals surface area contributed by atoms with E-state index in [9.17, 15) is 9.59 Å². The molecule has 2 aromatic heterocycles. The van der Waals surface area contributed by atoms with Gasteiger partial charge in [-0.25, -0.2) is 9.78 Å². The monoisotopic (exact) mass is 448 g/mol. The third-order valence-electron chi connectivity index (χ3n) is 5.87. The van der Waals surface area contributed by atoms with E-state index in [0.29, 0.717) is 24.6 Å². The highest BCUT2D eigenvalue weighted by Gasteiger charge is 2.29. The van der Waals surface area contributed by atoms with E-state index in [4.69, 9.17) is 10.8 Å². The van der Waals surface area contributed by atoms with E-state index in [1.807, 2.05) is 18.7 Å². The molecule has 10 nitrogen and oxygen atoms in total. The van der Waals surface area contributed by atoms with Gasteiger partial charge in [0.2, 0.25) is 0 Å². The second-order valence-electron chi connectivity index (χ2n) is 8.51. The number of anilines is 1. The minimum Gasteiger partial charge on any atom is -0.325 e. The Morgan fingerprint density at radius 3 is 2.55 bits per heavy atom. The fourth-order valence-electron chi connectivity index (χ4n) is 4.07. The summed E-state index contributed by atoms with van der Waals surface area (Å²) in [6.07, 6.45) is 4.84. The van der Waals surface area contributed by atoms with Gasteiger partial charge in [0.15, 0.2) is 5.84 Å². The van der Waals surface area contributed by atoms with Gasteiger partial charge in [0, 0.05) is 38.4 Å². The molecule has 10 heteroatoms. The second kappa shape index (κ2) is 9.35. The molecule has 0 aliphatic carbocycles. The van der Waals surface area contributed by atoms with E-state index >= 15 is 0 Å². The van der Waals surface area contributed by atoms with E-state index in [2.05, 4.69) is 15.3 Å². The molecule has 2 aliphatic rings. The number of fused-ring (bicyclic) bond motifs is 1. The lowest BCUT2D eigenvalue weighted by Crippen LogP contribution is -2.38. The van der Waals surface area contributed by atoms with E-state index in [0.717, 1.165) is 43.4 Å². The number of hydrogen-bond acceptors (Lipinski definition) is 6. The third kappa shape index (κ3) is 4.69. The summed E-state index contributed by atoms with van der Waals surface area (Å²) >= 11 is 0. The van der Waals surface area contributed by atoms with Crippen LogP contribution in [0, 0.1) is 10.8 Å². The Hall–Kier alpha value is -3.82. The highest BCUT2D eigenvalue weighted by atomic mass is 16.2. The number of carbonyl (C=O) groups excluding carboxylic acids is 2. The van der Waals surface area contributed by atoms with Crippen LogP contribution < -0.4 is 5.32 Å². The molecule has 172 valence electrons. The van der Waals surface area contributed by atoms with Gasteiger partial charge in [-0.15, -0.1) is 0 Å². The molecule has 0 atom stereocenters. The third-order valence-corrected chi connectivity index (χ3v) is 5.87. The predicted molar refractivity (Wildman–Crippen MR) is 124 cm³/mol. The number of urea groups is 1. The van der Waals surface area contributed by atoms with Gasteiger partial charge in [-0.2, -0.15) is 0 Å². The zero-order valence-electron chi connectivity index (χ0n) is 18.8. The molecule has 33 heavy (non-hydrogen) atoms. The Labute approximate surface area is 192 Å². The van der Waals surface area contributed by atoms with Crippen molar-refractivity contribution in [2.45, 2.75) is 45.8 Å². The molecule has 0 unspecified atom stereocenters. The van der Waals surface area contributed by atoms with Crippen LogP contribution in [0.5, 0.6) is 0 Å². The summed E-state index contributed by atoms with van der Waals surface area (Å²) < 4.78 is 0. The van der Waals surface area contributed by atoms with E-state index in [-0.39, 0.29) is 23.6 Å². The number of aromatic nitrogens is 2. The molecule has 0 aromatic carbocycles. The van der Waals surface area contributed by atoms with Gasteiger partial charge in [-0.3, -0.25) is 20.6 Å². The van der Waals surface area contributed by atoms with Gasteiger partial charge in [-0.1, -0.05) is 6.07 Å². The fraction of sp³-hybridized carbons (Fsp3) is 0.391. The number of rotatable bonds is 5. The quantitative estimate of drug-likeness (QED) is 0.478. The SMILES string of the molecule is CC(C)N(C=N)C(=N)c1cccc(NC(=O)c2cc3c(cn2)CN(C(=O)N2CCCC2)C3)n1. The van der Waals surface area contributed by atoms with Crippen molar-refractivity contribution in [1.29, 1.82) is 10.8 Å². The number of hydrogen-bond donors (Lipinski definition) is 3. The van der Waals surface area contributed by atoms with Gasteiger partial charge < -0.3 is 20.0 Å². The number of nitrogens with zero attached hydrogens (tertiary/aromatic N) is 5. The molecule has 1 fully saturated rings. The average Bonchev–Trinajstić information content (AvgIpc) is 3.48. The summed E-state index contributed by atoms with van der Waals surface area (Å²) in [4.78, 5) is 39.3. The Morgan fingerprint density at radius 1 is 1.12 bits per heavy atom. The molecule has 0 saturated carbocycles. The molecule has 2 aliphatic heterocycles. The highest BCUT2D eigenvalue weighted by Crippen LogP contribution is 2.25. The largest absolute Gasteiger partial charge is 0.325 e. The Bertz CT molecular complexity index is 1090. The number of amidine groups is 1. The van der Waals surface area contributed by atoms with Crippen molar-refractivity contribution in [3.8, 4) is 0 Å². The van der Waals surface area contributed by atoms with Crippen molar-refractivity contribution >= 4 is 29.9 Å². The lowest BCUT2D eigenvalue weighted by molar-refractivity contribution is 0.102. The zero-order valence-corrected chi connectivity index (χ0v) is 18.8. The number of carbonyl (C=O) groups is 2. The molecule has 3 N–H and O–H groups in total. The molecule has 4 heterocycles. The van der Waals surface area contributed by atoms with Crippen LogP contribution in [0.4, 0.5) is 10.6 Å². The van der Waals surface area contributed by atoms with Crippen LogP contribution in [-0.2, 0) is 13.1 Å². The summed E-state index contributed by atoms with van der Waals surface area (Å²) in [5, 5.41) is 18.6. The normalized spacial score (nSPS) is 14.9. The number of amides is 3. The first-order chi connectivity index (χ1) is 15.9. The van der Waals surface area contributed by atoms with Gasteiger partial charge in [-0.05, 0) is 56.0 Å². The molecule has 3 amide bonds. The summed E-state index contributed by atoms with van der Waals surface area (Å²) in [6.45, 7) is 6.33. The molecule has 0 bridgehead atoms. The molecule has 2 aromatic rings. The second-order valence-corrected chi connectivity index (χ2v) is 8.51. The first kappa shape index (κ1) is 22.4. The van der Waals surface area contributed by atoms with Crippen molar-refractivity contribution in [3.63, 3.8) is 0 Å². The van der Waals surface area contributed by atoms with Crippen LogP contribution in [0.1, 0.15) is 54.0 Å². The van der Waals surface area contributed by atoms with Crippen LogP contribution in [-0.4, -0.2) is 67.9 Å². The summed E-state index contributed by atoms with van der Waals surface area (Å²) in [5.41, 5.74) is 2.47. The van der Waals surface area contributed by atoms with Gasteiger partial charge in [0.25, 0.3) is 5.91 Å². The molecule has 0 radical (unpaired) electrons. The van der Waals surface area contributed by atoms with Crippen molar-refractivity contribution in [3.05, 3.63) is 53.0 Å². The summed E-state index contributed by atoms with van der Waals surface area (Å²) in [6, 6.07) is 6.70. The molecular weight excluding hydrogens is 420 g/mol. The minimum absolute atomic E-state index is 0.0403. The molecular formula is C23H28N8O2. The lowest BCUT2D eigenvalue weighted by Gasteiger charge is -2.23. The lowest BCUT2D eigenvalue weighted by atomic mass is 10.1. The van der Waals surface area contributed by atoms with Crippen molar-refractivity contribution in [2.24, 2.45) is 0 Å². The maximum atomic E-state index is 12.8. The molecule has 4 rings (SSSR count). The molecule has 1 saturated heterocycles. The van der Waals surface area contributed by atoms with Gasteiger partial charge in [0.05, 0.1) is 6.34 Å². The van der Waals surface area contributed by atoms with E-state index < -0.39 is 5.91 Å². The van der Waals surface area contributed by atoms with Crippen molar-refractivity contribution < 1.29 is 9.59 Å². The van der Waals surface area contributed by atoms with Gasteiger partial charge in [0.1, 0.15) is 17.2 Å². The number of nitrogens with one attached hydrogen (secondary N) is 3. The van der Waals surface area contributed by atoms with Crippen LogP contribution in [0.15, 0.2) is 30.5 Å². The first-order valence-corrected chi connectivity index (χ1v) is 11.0. The Kier molecular flexibility index (Phi) is 6.34. The van der Waals surface area contributed by atoms with Crippen LogP contribution in [0.2, 0.25) is 0 Å². The zero-order chi connectivity index (χ0) is 23.5. The Morgan fingerprint density at radius 2 is 1.85 bits per heavy atom. The maximum absolute atomic E-state index is 12.8. The predicted octanol–water partition coefficient (Wildman–Crippen LogP) is 2.90. The average molecular weight is 449 g/mol. The standard InChI is InChI=1S/C23H28N8O2/c1-15(2)31(14-24)21(25)18-6-5-7-20(27-18)28-22(32)19-10-16-12-30(13-17(16)11-26-19)23(33)29-8-3-4-9-29/h5-7,10-11,14-15,24-25H,3-4,8-9,12-13H2,1-2H3,(H,27,28,32). The summed E-state index contributed by atoms with van der Waals surface area (Å²) in [5.74, 6) is -0.0374. The number of pyridine rings is 2. The Balaban J connectivity index is 1.44. The van der Waals surface area contributed by atoms with Crippen molar-refractivity contribution in [2.75, 3.05) is 18.4 Å². The maximum Gasteiger partial charge on any atom is 0.320 e. The van der Waals surface area contributed by atoms with Crippen molar-refractivity contribution in [1.82, 2.24) is 24.7 Å². The van der Waals surface area contributed by atoms with Crippen LogP contribution in [0.25, 0.3) is 0 Å². The van der Waals surface area contributed by atoms with E-state index in [1.165, 1.54) is 4.90 Å².